The molecule has 0 aliphatic carbocycles. The van der Waals surface area contributed by atoms with E-state index in [-0.39, 0.29) is 0 Å². The van der Waals surface area contributed by atoms with Crippen molar-refractivity contribution in [3.8, 4) is 0 Å². The van der Waals surface area contributed by atoms with Gasteiger partial charge in [0.2, 0.25) is 0 Å². The summed E-state index contributed by atoms with van der Waals surface area (Å²) in [6, 6.07) is 8.73. The van der Waals surface area contributed by atoms with Crippen molar-refractivity contribution >= 4 is 6.08 Å². The van der Waals surface area contributed by atoms with Gasteiger partial charge in [0.1, 0.15) is 0 Å². The summed E-state index contributed by atoms with van der Waals surface area (Å²) >= 11 is 0. The maximum atomic E-state index is 8.93. The number of hydrogen-bond donors (Lipinski definition) is 1. The second kappa shape index (κ2) is 8.10. The lowest BCUT2D eigenvalue weighted by molar-refractivity contribution is 0.228. The van der Waals surface area contributed by atoms with Gasteiger partial charge in [-0.25, -0.2) is 0 Å². The van der Waals surface area contributed by atoms with Gasteiger partial charge in [-0.15, -0.1) is 0 Å². The molecule has 18 heavy (non-hydrogen) atoms. The molecule has 0 unspecified atom stereocenters. The molecule has 1 aromatic carbocycles. The second-order valence-electron chi connectivity index (χ2n) is 5.45. The molecule has 0 spiro atoms. The third-order valence-electron chi connectivity index (χ3n) is 3.27. The molecule has 0 saturated heterocycles. The van der Waals surface area contributed by atoms with Gasteiger partial charge in [0.25, 0.3) is 0 Å². The fraction of sp³-hybridized carbons (Fsp3) is 0.529. The summed E-state index contributed by atoms with van der Waals surface area (Å²) in [4.78, 5) is 0. The van der Waals surface area contributed by atoms with Crippen molar-refractivity contribution in [1.29, 1.82) is 0 Å². The molecule has 0 fully saturated rings. The summed E-state index contributed by atoms with van der Waals surface area (Å²) in [5.74, 6) is 1.02. The van der Waals surface area contributed by atoms with E-state index in [1.54, 1.807) is 0 Å². The fourth-order valence-electron chi connectivity index (χ4n) is 1.92. The quantitative estimate of drug-likeness (QED) is 0.696. The Morgan fingerprint density at radius 2 is 2.00 bits per heavy atom. The molecular formula is C17H26O. The van der Waals surface area contributed by atoms with E-state index in [0.717, 1.165) is 19.3 Å². The molecule has 0 aliphatic rings. The Hall–Kier alpha value is -1.08. The van der Waals surface area contributed by atoms with Crippen LogP contribution in [0.3, 0.4) is 0 Å². The summed E-state index contributed by atoms with van der Waals surface area (Å²) in [6.45, 7) is 6.84. The summed E-state index contributed by atoms with van der Waals surface area (Å²) in [7, 11) is 0. The topological polar surface area (TPSA) is 20.2 Å². The molecule has 0 amide bonds. The van der Waals surface area contributed by atoms with E-state index in [2.05, 4.69) is 57.2 Å². The number of aliphatic hydroxyl groups is 1. The third-order valence-corrected chi connectivity index (χ3v) is 3.27. The molecule has 0 saturated carbocycles. The first kappa shape index (κ1) is 15.0. The van der Waals surface area contributed by atoms with Crippen LogP contribution < -0.4 is 0 Å². The Bertz CT molecular complexity index is 366. The van der Waals surface area contributed by atoms with Crippen molar-refractivity contribution in [2.24, 2.45) is 5.92 Å². The number of rotatable bonds is 7. The van der Waals surface area contributed by atoms with Gasteiger partial charge in [0.05, 0.1) is 0 Å². The average molecular weight is 246 g/mol. The molecule has 0 aromatic heterocycles. The molecule has 0 heterocycles. The Morgan fingerprint density at radius 1 is 1.22 bits per heavy atom. The van der Waals surface area contributed by atoms with Crippen LogP contribution in [0.25, 0.3) is 6.08 Å². The van der Waals surface area contributed by atoms with Gasteiger partial charge in [-0.05, 0) is 42.2 Å². The molecule has 0 bridgehead atoms. The van der Waals surface area contributed by atoms with Crippen molar-refractivity contribution in [2.75, 3.05) is 6.61 Å². The first-order chi connectivity index (χ1) is 8.63. The molecule has 1 rings (SSSR count). The highest BCUT2D eigenvalue weighted by atomic mass is 16.3. The zero-order chi connectivity index (χ0) is 13.4. The highest BCUT2D eigenvalue weighted by Crippen LogP contribution is 2.16. The van der Waals surface area contributed by atoms with Crippen LogP contribution in [0.2, 0.25) is 0 Å². The van der Waals surface area contributed by atoms with Crippen LogP contribution in [-0.2, 0) is 0 Å². The monoisotopic (exact) mass is 246 g/mol. The molecule has 100 valence electrons. The molecule has 0 radical (unpaired) electrons. The van der Waals surface area contributed by atoms with Crippen molar-refractivity contribution in [3.63, 3.8) is 0 Å². The van der Waals surface area contributed by atoms with Gasteiger partial charge in [0, 0.05) is 6.61 Å². The minimum Gasteiger partial charge on any atom is -0.396 e. The van der Waals surface area contributed by atoms with Gasteiger partial charge in [-0.1, -0.05) is 57.2 Å². The lowest BCUT2D eigenvalue weighted by Gasteiger charge is -2.06. The van der Waals surface area contributed by atoms with Crippen LogP contribution in [0.15, 0.2) is 30.3 Å². The van der Waals surface area contributed by atoms with Crippen LogP contribution in [0.1, 0.15) is 57.1 Å². The number of benzene rings is 1. The maximum Gasteiger partial charge on any atom is 0.0456 e. The van der Waals surface area contributed by atoms with Gasteiger partial charge < -0.3 is 5.11 Å². The SMILES string of the molecule is CC(C)c1cccc(/C=C/CCC[C@@H](C)CO)c1. The lowest BCUT2D eigenvalue weighted by atomic mass is 10.0. The highest BCUT2D eigenvalue weighted by Gasteiger charge is 1.99. The molecule has 1 heteroatoms. The molecule has 1 nitrogen and oxygen atoms in total. The van der Waals surface area contributed by atoms with E-state index in [4.69, 9.17) is 5.11 Å². The Labute approximate surface area is 112 Å². The first-order valence-electron chi connectivity index (χ1n) is 7.01. The zero-order valence-electron chi connectivity index (χ0n) is 11.9. The van der Waals surface area contributed by atoms with E-state index in [9.17, 15) is 0 Å². The molecule has 1 atom stereocenters. The van der Waals surface area contributed by atoms with Gasteiger partial charge >= 0.3 is 0 Å². The highest BCUT2D eigenvalue weighted by molar-refractivity contribution is 5.50. The largest absolute Gasteiger partial charge is 0.396 e. The Balaban J connectivity index is 2.40. The average Bonchev–Trinajstić information content (AvgIpc) is 2.38. The minimum absolute atomic E-state index is 0.306. The summed E-state index contributed by atoms with van der Waals surface area (Å²) in [5, 5.41) is 8.93. The van der Waals surface area contributed by atoms with Gasteiger partial charge in [-0.3, -0.25) is 0 Å². The van der Waals surface area contributed by atoms with Crippen LogP contribution in [0, 0.1) is 5.92 Å². The van der Waals surface area contributed by atoms with E-state index in [0.29, 0.717) is 18.4 Å². The Kier molecular flexibility index (Phi) is 6.74. The van der Waals surface area contributed by atoms with Crippen LogP contribution in [-0.4, -0.2) is 11.7 Å². The summed E-state index contributed by atoms with van der Waals surface area (Å²) in [6.07, 6.45) is 7.80. The van der Waals surface area contributed by atoms with Crippen molar-refractivity contribution in [1.82, 2.24) is 0 Å². The predicted octanol–water partition coefficient (Wildman–Crippen LogP) is 4.62. The minimum atomic E-state index is 0.306. The maximum absolute atomic E-state index is 8.93. The van der Waals surface area contributed by atoms with Crippen LogP contribution >= 0.6 is 0 Å². The number of hydrogen-bond acceptors (Lipinski definition) is 1. The van der Waals surface area contributed by atoms with E-state index < -0.39 is 0 Å². The second-order valence-corrected chi connectivity index (χ2v) is 5.45. The van der Waals surface area contributed by atoms with E-state index in [1.807, 2.05) is 0 Å². The van der Waals surface area contributed by atoms with Gasteiger partial charge in [-0.2, -0.15) is 0 Å². The zero-order valence-corrected chi connectivity index (χ0v) is 11.9. The molecule has 1 aromatic rings. The summed E-state index contributed by atoms with van der Waals surface area (Å²) < 4.78 is 0. The van der Waals surface area contributed by atoms with Crippen molar-refractivity contribution < 1.29 is 5.11 Å². The smallest absolute Gasteiger partial charge is 0.0456 e. The molecule has 0 aliphatic heterocycles. The number of unbranched alkanes of at least 4 members (excludes halogenated alkanes) is 1. The molecule has 1 N–H and O–H groups in total. The first-order valence-corrected chi connectivity index (χ1v) is 7.01. The van der Waals surface area contributed by atoms with E-state index in [1.165, 1.54) is 11.1 Å². The van der Waals surface area contributed by atoms with E-state index >= 15 is 0 Å². The molecular weight excluding hydrogens is 220 g/mol. The standard InChI is InChI=1S/C17H26O/c1-14(2)17-11-7-10-16(12-17)9-6-4-5-8-15(3)13-18/h6-7,9-12,14-15,18H,4-5,8,13H2,1-3H3/b9-6+/t15-/m1/s1. The third kappa shape index (κ3) is 5.50. The van der Waals surface area contributed by atoms with Crippen molar-refractivity contribution in [3.05, 3.63) is 41.5 Å². The van der Waals surface area contributed by atoms with Crippen LogP contribution in [0.4, 0.5) is 0 Å². The van der Waals surface area contributed by atoms with Crippen LogP contribution in [0.5, 0.6) is 0 Å². The summed E-state index contributed by atoms with van der Waals surface area (Å²) in [5.41, 5.74) is 2.68. The lowest BCUT2D eigenvalue weighted by Crippen LogP contribution is -1.99. The Morgan fingerprint density at radius 3 is 2.67 bits per heavy atom. The normalized spacial score (nSPS) is 13.4. The van der Waals surface area contributed by atoms with Gasteiger partial charge in [0.15, 0.2) is 0 Å². The fourth-order valence-corrected chi connectivity index (χ4v) is 1.92. The van der Waals surface area contributed by atoms with Crippen molar-refractivity contribution in [2.45, 2.75) is 46.0 Å². The number of aliphatic hydroxyl groups excluding tert-OH is 1. The number of allylic oxidation sites excluding steroid dienone is 1. The predicted molar refractivity (Wildman–Crippen MR) is 79.7 cm³/mol.